The lowest BCUT2D eigenvalue weighted by Crippen LogP contribution is -2.45. The number of nitrogens with one attached hydrogen (secondary N) is 2. The number of halogens is 1. The van der Waals surface area contributed by atoms with Crippen molar-refractivity contribution in [2.45, 2.75) is 30.7 Å². The van der Waals surface area contributed by atoms with E-state index in [0.717, 1.165) is 19.4 Å². The van der Waals surface area contributed by atoms with E-state index in [1.54, 1.807) is 13.0 Å². The molecule has 0 unspecified atom stereocenters. The molecule has 1 amide bonds. The third kappa shape index (κ3) is 4.41. The van der Waals surface area contributed by atoms with Gasteiger partial charge >= 0.3 is 0 Å². The molecule has 0 aliphatic carbocycles. The van der Waals surface area contributed by atoms with Crippen molar-refractivity contribution in [3.63, 3.8) is 0 Å². The number of aryl methyl sites for hydroxylation is 1. The van der Waals surface area contributed by atoms with Gasteiger partial charge in [-0.1, -0.05) is 6.07 Å². The van der Waals surface area contributed by atoms with Crippen molar-refractivity contribution in [2.75, 3.05) is 13.1 Å². The third-order valence-electron chi connectivity index (χ3n) is 3.40. The number of piperidine rings is 1. The molecule has 6 nitrogen and oxygen atoms in total. The van der Waals surface area contributed by atoms with Crippen molar-refractivity contribution in [1.82, 2.24) is 10.0 Å². The normalized spacial score (nSPS) is 18.8. The molecule has 2 rings (SSSR count). The number of amides is 1. The molecule has 1 saturated heterocycles. The Labute approximate surface area is 130 Å². The molecule has 1 heterocycles. The molecule has 1 atom stereocenters. The Morgan fingerprint density at radius 2 is 2.14 bits per heavy atom. The summed E-state index contributed by atoms with van der Waals surface area (Å²) in [5.41, 5.74) is 6.14. The minimum absolute atomic E-state index is 0. The second kappa shape index (κ2) is 7.22. The summed E-state index contributed by atoms with van der Waals surface area (Å²) < 4.78 is 27.2. The van der Waals surface area contributed by atoms with E-state index in [1.165, 1.54) is 12.1 Å². The van der Waals surface area contributed by atoms with Crippen LogP contribution in [0.25, 0.3) is 0 Å². The average molecular weight is 334 g/mol. The fraction of sp³-hybridized carbons (Fsp3) is 0.462. The summed E-state index contributed by atoms with van der Waals surface area (Å²) >= 11 is 0. The predicted octanol–water partition coefficient (Wildman–Crippen LogP) is 0.546. The van der Waals surface area contributed by atoms with E-state index in [2.05, 4.69) is 10.0 Å². The Bertz CT molecular complexity index is 613. The molecule has 1 fully saturated rings. The quantitative estimate of drug-likeness (QED) is 0.748. The van der Waals surface area contributed by atoms with Gasteiger partial charge in [-0.2, -0.15) is 0 Å². The predicted molar refractivity (Wildman–Crippen MR) is 83.2 cm³/mol. The molecular formula is C13H20ClN3O3S. The highest BCUT2D eigenvalue weighted by atomic mass is 35.5. The number of nitrogens with two attached hydrogens (primary N) is 1. The van der Waals surface area contributed by atoms with Crippen molar-refractivity contribution in [1.29, 1.82) is 0 Å². The fourth-order valence-electron chi connectivity index (χ4n) is 2.27. The molecule has 1 aromatic rings. The van der Waals surface area contributed by atoms with E-state index in [9.17, 15) is 13.2 Å². The average Bonchev–Trinajstić information content (AvgIpc) is 2.39. The summed E-state index contributed by atoms with van der Waals surface area (Å²) in [6, 6.07) is 4.29. The van der Waals surface area contributed by atoms with E-state index in [-0.39, 0.29) is 28.9 Å². The molecular weight excluding hydrogens is 314 g/mol. The van der Waals surface area contributed by atoms with Gasteiger partial charge < -0.3 is 11.1 Å². The van der Waals surface area contributed by atoms with Gasteiger partial charge in [-0.15, -0.1) is 12.4 Å². The van der Waals surface area contributed by atoms with Crippen LogP contribution in [-0.2, 0) is 10.0 Å². The van der Waals surface area contributed by atoms with Crippen LogP contribution < -0.4 is 15.8 Å². The highest BCUT2D eigenvalue weighted by Crippen LogP contribution is 2.16. The Morgan fingerprint density at radius 1 is 1.43 bits per heavy atom. The lowest BCUT2D eigenvalue weighted by atomic mass is 10.1. The standard InChI is InChI=1S/C13H19N3O3S.ClH/c1-9-4-5-11(7-12(9)13(14)17)20(18,19)16-10-3-2-6-15-8-10;/h4-5,7,10,15-16H,2-3,6,8H2,1H3,(H2,14,17);1H/t10-;/m0./s1. The van der Waals surface area contributed by atoms with Crippen LogP contribution in [0, 0.1) is 6.92 Å². The van der Waals surface area contributed by atoms with Gasteiger partial charge in [0.05, 0.1) is 4.90 Å². The van der Waals surface area contributed by atoms with E-state index in [0.29, 0.717) is 12.1 Å². The second-order valence-electron chi connectivity index (χ2n) is 5.01. The van der Waals surface area contributed by atoms with Crippen LogP contribution in [0.15, 0.2) is 23.1 Å². The molecule has 21 heavy (non-hydrogen) atoms. The van der Waals surface area contributed by atoms with Crippen molar-refractivity contribution in [2.24, 2.45) is 5.73 Å². The van der Waals surface area contributed by atoms with Crippen LogP contribution in [0.2, 0.25) is 0 Å². The molecule has 118 valence electrons. The summed E-state index contributed by atoms with van der Waals surface area (Å²) in [5.74, 6) is -0.626. The SMILES string of the molecule is Cc1ccc(S(=O)(=O)N[C@H]2CCCNC2)cc1C(N)=O.Cl. The smallest absolute Gasteiger partial charge is 0.249 e. The van der Waals surface area contributed by atoms with Gasteiger partial charge in [0.2, 0.25) is 15.9 Å². The minimum Gasteiger partial charge on any atom is -0.366 e. The highest BCUT2D eigenvalue weighted by Gasteiger charge is 2.22. The molecule has 1 aromatic carbocycles. The van der Waals surface area contributed by atoms with E-state index < -0.39 is 15.9 Å². The van der Waals surface area contributed by atoms with Gasteiger partial charge in [-0.05, 0) is 44.0 Å². The number of carbonyl (C=O) groups excluding carboxylic acids is 1. The first-order valence-electron chi connectivity index (χ1n) is 6.53. The molecule has 0 radical (unpaired) electrons. The first kappa shape index (κ1) is 17.9. The number of hydrogen-bond acceptors (Lipinski definition) is 4. The summed E-state index contributed by atoms with van der Waals surface area (Å²) in [6.07, 6.45) is 1.74. The number of sulfonamides is 1. The Balaban J connectivity index is 0.00000220. The van der Waals surface area contributed by atoms with E-state index in [4.69, 9.17) is 5.73 Å². The number of rotatable bonds is 4. The molecule has 0 saturated carbocycles. The largest absolute Gasteiger partial charge is 0.366 e. The van der Waals surface area contributed by atoms with Crippen LogP contribution in [0.4, 0.5) is 0 Å². The van der Waals surface area contributed by atoms with Crippen LogP contribution in [0.1, 0.15) is 28.8 Å². The molecule has 8 heteroatoms. The van der Waals surface area contributed by atoms with Crippen LogP contribution in [-0.4, -0.2) is 33.5 Å². The zero-order chi connectivity index (χ0) is 14.8. The first-order chi connectivity index (χ1) is 9.40. The lowest BCUT2D eigenvalue weighted by molar-refractivity contribution is 0.0999. The summed E-state index contributed by atoms with van der Waals surface area (Å²) in [4.78, 5) is 11.4. The molecule has 0 bridgehead atoms. The number of primary amides is 1. The fourth-order valence-corrected chi connectivity index (χ4v) is 3.57. The lowest BCUT2D eigenvalue weighted by Gasteiger charge is -2.23. The Kier molecular flexibility index (Phi) is 6.15. The van der Waals surface area contributed by atoms with Crippen molar-refractivity contribution >= 4 is 28.3 Å². The summed E-state index contributed by atoms with van der Waals surface area (Å²) in [7, 11) is -3.63. The van der Waals surface area contributed by atoms with Crippen LogP contribution in [0.3, 0.4) is 0 Å². The molecule has 4 N–H and O–H groups in total. The van der Waals surface area contributed by atoms with E-state index in [1.807, 2.05) is 0 Å². The molecule has 0 aromatic heterocycles. The van der Waals surface area contributed by atoms with Gasteiger partial charge in [-0.3, -0.25) is 4.79 Å². The summed E-state index contributed by atoms with van der Waals surface area (Å²) in [6.45, 7) is 3.25. The Morgan fingerprint density at radius 3 is 2.71 bits per heavy atom. The zero-order valence-corrected chi connectivity index (χ0v) is 13.4. The Hall–Kier alpha value is -1.15. The van der Waals surface area contributed by atoms with Crippen molar-refractivity contribution < 1.29 is 13.2 Å². The third-order valence-corrected chi connectivity index (χ3v) is 4.92. The van der Waals surface area contributed by atoms with Gasteiger partial charge in [0.25, 0.3) is 0 Å². The van der Waals surface area contributed by atoms with Crippen LogP contribution in [0.5, 0.6) is 0 Å². The van der Waals surface area contributed by atoms with Gasteiger partial charge in [0.15, 0.2) is 0 Å². The van der Waals surface area contributed by atoms with Crippen molar-refractivity contribution in [3.8, 4) is 0 Å². The van der Waals surface area contributed by atoms with Crippen molar-refractivity contribution in [3.05, 3.63) is 29.3 Å². The van der Waals surface area contributed by atoms with E-state index >= 15 is 0 Å². The number of hydrogen-bond donors (Lipinski definition) is 3. The molecule has 1 aliphatic heterocycles. The van der Waals surface area contributed by atoms with Gasteiger partial charge in [0.1, 0.15) is 0 Å². The van der Waals surface area contributed by atoms with Gasteiger partial charge in [0, 0.05) is 18.2 Å². The van der Waals surface area contributed by atoms with Gasteiger partial charge in [-0.25, -0.2) is 13.1 Å². The molecule has 1 aliphatic rings. The monoisotopic (exact) mass is 333 g/mol. The van der Waals surface area contributed by atoms with Crippen LogP contribution >= 0.6 is 12.4 Å². The minimum atomic E-state index is -3.63. The first-order valence-corrected chi connectivity index (χ1v) is 8.02. The number of benzene rings is 1. The number of carbonyl (C=O) groups is 1. The maximum atomic E-state index is 12.3. The zero-order valence-electron chi connectivity index (χ0n) is 11.8. The maximum Gasteiger partial charge on any atom is 0.249 e. The topological polar surface area (TPSA) is 101 Å². The molecule has 0 spiro atoms. The second-order valence-corrected chi connectivity index (χ2v) is 6.72. The summed E-state index contributed by atoms with van der Waals surface area (Å²) in [5, 5.41) is 3.15. The maximum absolute atomic E-state index is 12.3. The highest BCUT2D eigenvalue weighted by molar-refractivity contribution is 7.89.